The molecule has 0 saturated heterocycles. The molecule has 0 atom stereocenters. The molecule has 76 valence electrons. The van der Waals surface area contributed by atoms with Crippen molar-refractivity contribution in [2.45, 2.75) is 0 Å². The minimum absolute atomic E-state index is 0.120. The van der Waals surface area contributed by atoms with Crippen LogP contribution < -0.4 is 0 Å². The van der Waals surface area contributed by atoms with Gasteiger partial charge in [-0.15, -0.1) is 0 Å². The Bertz CT molecular complexity index is 485. The first kappa shape index (κ1) is 9.58. The van der Waals surface area contributed by atoms with Gasteiger partial charge in [-0.25, -0.2) is 8.78 Å². The lowest BCUT2D eigenvalue weighted by Gasteiger charge is -2.05. The number of nitrogens with zero attached hydrogens (tertiary/aromatic N) is 1. The van der Waals surface area contributed by atoms with Gasteiger partial charge in [-0.05, 0) is 23.8 Å². The highest BCUT2D eigenvalue weighted by molar-refractivity contribution is 5.69. The monoisotopic (exact) mass is 207 g/mol. The summed E-state index contributed by atoms with van der Waals surface area (Å²) in [6.45, 7) is 0. The lowest BCUT2D eigenvalue weighted by molar-refractivity contribution is 0.430. The van der Waals surface area contributed by atoms with Crippen LogP contribution in [0.25, 0.3) is 11.1 Å². The zero-order valence-corrected chi connectivity index (χ0v) is 7.61. The summed E-state index contributed by atoms with van der Waals surface area (Å²) in [7, 11) is 0. The van der Waals surface area contributed by atoms with Crippen LogP contribution in [0.1, 0.15) is 0 Å². The Morgan fingerprint density at radius 3 is 2.40 bits per heavy atom. The third-order valence-corrected chi connectivity index (χ3v) is 2.02. The zero-order chi connectivity index (χ0) is 10.8. The van der Waals surface area contributed by atoms with E-state index in [1.165, 1.54) is 12.4 Å². The number of benzene rings is 1. The second-order valence-electron chi connectivity index (χ2n) is 3.02. The molecule has 0 aliphatic rings. The maximum atomic E-state index is 13.0. The highest BCUT2D eigenvalue weighted by Gasteiger charge is 2.11. The number of aromatic nitrogens is 1. The lowest BCUT2D eigenvalue weighted by Crippen LogP contribution is -1.86. The quantitative estimate of drug-likeness (QED) is 0.779. The fourth-order valence-electron chi connectivity index (χ4n) is 1.32. The van der Waals surface area contributed by atoms with E-state index in [-0.39, 0.29) is 5.56 Å². The first-order valence-electron chi connectivity index (χ1n) is 4.27. The Hall–Kier alpha value is -1.97. The number of pyridine rings is 1. The molecule has 1 heterocycles. The normalized spacial score (nSPS) is 10.3. The first-order valence-corrected chi connectivity index (χ1v) is 4.27. The predicted octanol–water partition coefficient (Wildman–Crippen LogP) is 2.73. The van der Waals surface area contributed by atoms with Crippen LogP contribution in [0.4, 0.5) is 8.78 Å². The molecule has 2 rings (SSSR count). The van der Waals surface area contributed by atoms with Crippen molar-refractivity contribution in [3.05, 3.63) is 48.3 Å². The number of aromatic hydroxyl groups is 1. The smallest absolute Gasteiger partial charge is 0.168 e. The average Bonchev–Trinajstić information content (AvgIpc) is 2.24. The molecule has 1 aromatic carbocycles. The van der Waals surface area contributed by atoms with Crippen LogP contribution in [0.2, 0.25) is 0 Å². The number of halogens is 2. The lowest BCUT2D eigenvalue weighted by atomic mass is 10.1. The van der Waals surface area contributed by atoms with Crippen LogP contribution in [0.15, 0.2) is 36.7 Å². The molecule has 0 bridgehead atoms. The van der Waals surface area contributed by atoms with Crippen LogP contribution in [-0.4, -0.2) is 10.1 Å². The summed E-state index contributed by atoms with van der Waals surface area (Å²) >= 11 is 0. The SMILES string of the molecule is Oc1c(F)cc(F)cc1-c1ccncc1. The Morgan fingerprint density at radius 2 is 1.73 bits per heavy atom. The molecule has 0 aliphatic heterocycles. The minimum Gasteiger partial charge on any atom is -0.504 e. The summed E-state index contributed by atoms with van der Waals surface area (Å²) in [5.41, 5.74) is 0.635. The van der Waals surface area contributed by atoms with Gasteiger partial charge in [-0.3, -0.25) is 4.98 Å². The Morgan fingerprint density at radius 1 is 1.07 bits per heavy atom. The van der Waals surface area contributed by atoms with Crippen molar-refractivity contribution in [3.8, 4) is 16.9 Å². The second kappa shape index (κ2) is 3.65. The Balaban J connectivity index is 2.63. The summed E-state index contributed by atoms with van der Waals surface area (Å²) in [4.78, 5) is 3.78. The van der Waals surface area contributed by atoms with Crippen LogP contribution in [0.3, 0.4) is 0 Å². The molecule has 0 amide bonds. The summed E-state index contributed by atoms with van der Waals surface area (Å²) in [5, 5.41) is 9.41. The van der Waals surface area contributed by atoms with E-state index >= 15 is 0 Å². The molecule has 2 aromatic rings. The van der Waals surface area contributed by atoms with Crippen molar-refractivity contribution in [2.24, 2.45) is 0 Å². The van der Waals surface area contributed by atoms with E-state index in [2.05, 4.69) is 4.98 Å². The predicted molar refractivity (Wildman–Crippen MR) is 51.3 cm³/mol. The van der Waals surface area contributed by atoms with Gasteiger partial charge in [0, 0.05) is 24.0 Å². The van der Waals surface area contributed by atoms with E-state index in [4.69, 9.17) is 0 Å². The van der Waals surface area contributed by atoms with Crippen LogP contribution in [-0.2, 0) is 0 Å². The maximum Gasteiger partial charge on any atom is 0.168 e. The largest absolute Gasteiger partial charge is 0.504 e. The van der Waals surface area contributed by atoms with Gasteiger partial charge in [0.1, 0.15) is 5.82 Å². The molecular weight excluding hydrogens is 200 g/mol. The molecule has 0 fully saturated rings. The van der Waals surface area contributed by atoms with E-state index in [0.717, 1.165) is 6.07 Å². The molecule has 1 aromatic heterocycles. The third kappa shape index (κ3) is 1.79. The molecule has 0 saturated carbocycles. The molecule has 0 radical (unpaired) electrons. The zero-order valence-electron chi connectivity index (χ0n) is 7.61. The third-order valence-electron chi connectivity index (χ3n) is 2.02. The van der Waals surface area contributed by atoms with Gasteiger partial charge in [0.05, 0.1) is 0 Å². The molecule has 0 spiro atoms. The van der Waals surface area contributed by atoms with Gasteiger partial charge >= 0.3 is 0 Å². The molecule has 0 unspecified atom stereocenters. The molecule has 1 N–H and O–H groups in total. The van der Waals surface area contributed by atoms with Crippen molar-refractivity contribution in [1.82, 2.24) is 4.98 Å². The Labute approximate surface area is 84.8 Å². The van der Waals surface area contributed by atoms with E-state index in [1.54, 1.807) is 12.1 Å². The van der Waals surface area contributed by atoms with Gasteiger partial charge in [-0.1, -0.05) is 0 Å². The molecule has 2 nitrogen and oxygen atoms in total. The number of phenolic OH excluding ortho intramolecular Hbond substituents is 1. The number of phenols is 1. The van der Waals surface area contributed by atoms with Crippen molar-refractivity contribution in [3.63, 3.8) is 0 Å². The number of hydrogen-bond donors (Lipinski definition) is 1. The van der Waals surface area contributed by atoms with Gasteiger partial charge in [0.15, 0.2) is 11.6 Å². The molecule has 4 heteroatoms. The minimum atomic E-state index is -0.971. The van der Waals surface area contributed by atoms with Crippen molar-refractivity contribution < 1.29 is 13.9 Å². The Kier molecular flexibility index (Phi) is 2.33. The summed E-state index contributed by atoms with van der Waals surface area (Å²) < 4.78 is 25.9. The highest BCUT2D eigenvalue weighted by Crippen LogP contribution is 2.31. The van der Waals surface area contributed by atoms with Gasteiger partial charge in [0.2, 0.25) is 0 Å². The van der Waals surface area contributed by atoms with E-state index in [0.29, 0.717) is 11.6 Å². The van der Waals surface area contributed by atoms with Crippen LogP contribution in [0.5, 0.6) is 5.75 Å². The van der Waals surface area contributed by atoms with Gasteiger partial charge in [-0.2, -0.15) is 0 Å². The van der Waals surface area contributed by atoms with Crippen molar-refractivity contribution in [2.75, 3.05) is 0 Å². The number of hydrogen-bond acceptors (Lipinski definition) is 2. The topological polar surface area (TPSA) is 33.1 Å². The van der Waals surface area contributed by atoms with Crippen molar-refractivity contribution in [1.29, 1.82) is 0 Å². The fourth-order valence-corrected chi connectivity index (χ4v) is 1.32. The molecule has 0 aliphatic carbocycles. The number of rotatable bonds is 1. The molecule has 15 heavy (non-hydrogen) atoms. The van der Waals surface area contributed by atoms with Crippen molar-refractivity contribution >= 4 is 0 Å². The van der Waals surface area contributed by atoms with E-state index in [1.807, 2.05) is 0 Å². The average molecular weight is 207 g/mol. The standard InChI is InChI=1S/C11H7F2NO/c12-8-5-9(11(15)10(13)6-8)7-1-3-14-4-2-7/h1-6,15H. The second-order valence-corrected chi connectivity index (χ2v) is 3.02. The maximum absolute atomic E-state index is 13.0. The first-order chi connectivity index (χ1) is 7.18. The van der Waals surface area contributed by atoms with Crippen LogP contribution in [0, 0.1) is 11.6 Å². The fraction of sp³-hybridized carbons (Fsp3) is 0. The van der Waals surface area contributed by atoms with Crippen LogP contribution >= 0.6 is 0 Å². The van der Waals surface area contributed by atoms with Gasteiger partial charge < -0.3 is 5.11 Å². The van der Waals surface area contributed by atoms with Gasteiger partial charge in [0.25, 0.3) is 0 Å². The highest BCUT2D eigenvalue weighted by atomic mass is 19.1. The molecular formula is C11H7F2NO. The summed E-state index contributed by atoms with van der Waals surface area (Å²) in [6, 6.07) is 4.84. The van der Waals surface area contributed by atoms with E-state index < -0.39 is 17.4 Å². The van der Waals surface area contributed by atoms with E-state index in [9.17, 15) is 13.9 Å². The summed E-state index contributed by atoms with van der Waals surface area (Å²) in [6.07, 6.45) is 2.97. The summed E-state index contributed by atoms with van der Waals surface area (Å²) in [5.74, 6) is -2.25.